The molecule has 0 saturated heterocycles. The minimum atomic E-state index is -0.452. The molecule has 8 nitrogen and oxygen atoms in total. The second-order valence-corrected chi connectivity index (χ2v) is 7.52. The van der Waals surface area contributed by atoms with Crippen LogP contribution in [0.15, 0.2) is 27.8 Å². The molecule has 2 N–H and O–H groups in total. The second-order valence-electron chi connectivity index (χ2n) is 6.71. The van der Waals surface area contributed by atoms with E-state index in [0.29, 0.717) is 34.5 Å². The zero-order valence-electron chi connectivity index (χ0n) is 15.7. The summed E-state index contributed by atoms with van der Waals surface area (Å²) in [6.07, 6.45) is 0.507. The van der Waals surface area contributed by atoms with Crippen LogP contribution >= 0.6 is 23.2 Å². The summed E-state index contributed by atoms with van der Waals surface area (Å²) in [6, 6.07) is 5.14. The first-order chi connectivity index (χ1) is 13.2. The first-order valence-electron chi connectivity index (χ1n) is 8.72. The highest BCUT2D eigenvalue weighted by Crippen LogP contribution is 2.25. The van der Waals surface area contributed by atoms with Gasteiger partial charge in [-0.2, -0.15) is 4.98 Å². The molecule has 0 spiro atoms. The molecule has 1 aromatic carbocycles. The average Bonchev–Trinajstić information content (AvgIpc) is 2.99. The number of rotatable bonds is 6. The Morgan fingerprint density at radius 2 is 1.89 bits per heavy atom. The summed E-state index contributed by atoms with van der Waals surface area (Å²) >= 11 is 12.1. The Hall–Kier alpha value is -2.29. The molecule has 1 atom stereocenters. The van der Waals surface area contributed by atoms with Gasteiger partial charge in [0.05, 0.1) is 16.6 Å². The molecule has 0 aliphatic heterocycles. The van der Waals surface area contributed by atoms with Gasteiger partial charge >= 0.3 is 5.69 Å². The molecule has 3 aromatic rings. The van der Waals surface area contributed by atoms with Gasteiger partial charge in [0.25, 0.3) is 5.56 Å². The summed E-state index contributed by atoms with van der Waals surface area (Å²) in [6.45, 7) is 2.21. The lowest BCUT2D eigenvalue weighted by Gasteiger charge is -2.15. The number of hydrogen-bond acceptors (Lipinski definition) is 5. The van der Waals surface area contributed by atoms with Crippen molar-refractivity contribution in [3.8, 4) is 0 Å². The standard InChI is InChI=1S/C18H21Cl2N5O3/c1-10(6-7-26)21-17-22-15-14(16(27)24(3)18(28)23(15)2)25(17)9-11-4-5-12(19)13(20)8-11/h4-5,8,10,26H,6-7,9H2,1-3H3,(H,21,22)/t10-/m1/s1. The molecule has 2 aromatic heterocycles. The van der Waals surface area contributed by atoms with E-state index in [2.05, 4.69) is 10.3 Å². The number of fused-ring (bicyclic) bond motifs is 1. The Morgan fingerprint density at radius 1 is 1.18 bits per heavy atom. The molecule has 0 unspecified atom stereocenters. The molecule has 3 rings (SSSR count). The molecule has 0 fully saturated rings. The van der Waals surface area contributed by atoms with Gasteiger partial charge in [0.1, 0.15) is 0 Å². The van der Waals surface area contributed by atoms with Crippen molar-refractivity contribution in [2.45, 2.75) is 25.9 Å². The van der Waals surface area contributed by atoms with E-state index in [-0.39, 0.29) is 18.3 Å². The van der Waals surface area contributed by atoms with Crippen LogP contribution in [0.3, 0.4) is 0 Å². The van der Waals surface area contributed by atoms with Gasteiger partial charge in [-0.1, -0.05) is 29.3 Å². The molecule has 10 heteroatoms. The first-order valence-corrected chi connectivity index (χ1v) is 9.47. The molecule has 2 heterocycles. The number of aliphatic hydroxyl groups excluding tert-OH is 1. The van der Waals surface area contributed by atoms with Crippen LogP contribution in [-0.2, 0) is 20.6 Å². The van der Waals surface area contributed by atoms with Gasteiger partial charge in [-0.25, -0.2) is 4.79 Å². The van der Waals surface area contributed by atoms with Crippen LogP contribution in [0.1, 0.15) is 18.9 Å². The quantitative estimate of drug-likeness (QED) is 0.629. The molecule has 0 bridgehead atoms. The van der Waals surface area contributed by atoms with E-state index in [0.717, 1.165) is 10.1 Å². The summed E-state index contributed by atoms with van der Waals surface area (Å²) in [4.78, 5) is 29.6. The van der Waals surface area contributed by atoms with Crippen LogP contribution in [0.25, 0.3) is 11.2 Å². The van der Waals surface area contributed by atoms with Crippen molar-refractivity contribution in [2.75, 3.05) is 11.9 Å². The van der Waals surface area contributed by atoms with Gasteiger partial charge in [0.15, 0.2) is 11.2 Å². The maximum atomic E-state index is 12.8. The number of nitrogens with zero attached hydrogens (tertiary/aromatic N) is 4. The SMILES string of the molecule is C[C@H](CCO)Nc1nc2c(c(=O)n(C)c(=O)n2C)n1Cc1ccc(Cl)c(Cl)c1. The molecule has 150 valence electrons. The fraction of sp³-hybridized carbons (Fsp3) is 0.389. The highest BCUT2D eigenvalue weighted by molar-refractivity contribution is 6.42. The van der Waals surface area contributed by atoms with E-state index in [4.69, 9.17) is 23.2 Å². The van der Waals surface area contributed by atoms with E-state index in [1.807, 2.05) is 13.0 Å². The number of imidazole rings is 1. The Labute approximate surface area is 170 Å². The van der Waals surface area contributed by atoms with E-state index < -0.39 is 11.2 Å². The third-order valence-corrected chi connectivity index (χ3v) is 5.35. The smallest absolute Gasteiger partial charge is 0.332 e. The number of benzene rings is 1. The lowest BCUT2D eigenvalue weighted by atomic mass is 10.2. The maximum Gasteiger partial charge on any atom is 0.332 e. The zero-order valence-corrected chi connectivity index (χ0v) is 17.3. The second kappa shape index (κ2) is 7.98. The topological polar surface area (TPSA) is 94.1 Å². The van der Waals surface area contributed by atoms with Crippen LogP contribution in [0.4, 0.5) is 5.95 Å². The fourth-order valence-corrected chi connectivity index (χ4v) is 3.34. The van der Waals surface area contributed by atoms with E-state index >= 15 is 0 Å². The Morgan fingerprint density at radius 3 is 2.54 bits per heavy atom. The van der Waals surface area contributed by atoms with E-state index in [1.54, 1.807) is 23.7 Å². The van der Waals surface area contributed by atoms with Gasteiger partial charge in [-0.05, 0) is 31.0 Å². The predicted octanol–water partition coefficient (Wildman–Crippen LogP) is 1.97. The summed E-state index contributed by atoms with van der Waals surface area (Å²) in [5, 5.41) is 13.2. The van der Waals surface area contributed by atoms with Crippen molar-refractivity contribution in [2.24, 2.45) is 14.1 Å². The number of hydrogen-bond donors (Lipinski definition) is 2. The average molecular weight is 426 g/mol. The lowest BCUT2D eigenvalue weighted by molar-refractivity contribution is 0.282. The largest absolute Gasteiger partial charge is 0.396 e. The summed E-state index contributed by atoms with van der Waals surface area (Å²) < 4.78 is 4.10. The molecule has 28 heavy (non-hydrogen) atoms. The number of aliphatic hydroxyl groups is 1. The van der Waals surface area contributed by atoms with Crippen molar-refractivity contribution in [1.82, 2.24) is 18.7 Å². The van der Waals surface area contributed by atoms with Crippen LogP contribution in [-0.4, -0.2) is 36.4 Å². The lowest BCUT2D eigenvalue weighted by Crippen LogP contribution is -2.37. The summed E-state index contributed by atoms with van der Waals surface area (Å²) in [5.41, 5.74) is 0.517. The van der Waals surface area contributed by atoms with Crippen molar-refractivity contribution in [3.05, 3.63) is 54.6 Å². The number of aromatic nitrogens is 4. The molecule has 0 saturated carbocycles. The van der Waals surface area contributed by atoms with Crippen LogP contribution in [0, 0.1) is 0 Å². The molecule has 0 aliphatic rings. The van der Waals surface area contributed by atoms with Gasteiger partial charge in [-0.3, -0.25) is 18.5 Å². The zero-order chi connectivity index (χ0) is 20.6. The Kier molecular flexibility index (Phi) is 5.83. The maximum absolute atomic E-state index is 12.8. The minimum Gasteiger partial charge on any atom is -0.396 e. The summed E-state index contributed by atoms with van der Waals surface area (Å²) in [5.74, 6) is 0.431. The third-order valence-electron chi connectivity index (χ3n) is 4.61. The highest BCUT2D eigenvalue weighted by atomic mass is 35.5. The highest BCUT2D eigenvalue weighted by Gasteiger charge is 2.20. The molecule has 0 amide bonds. The van der Waals surface area contributed by atoms with Gasteiger partial charge in [0.2, 0.25) is 5.95 Å². The number of aryl methyl sites for hydroxylation is 1. The van der Waals surface area contributed by atoms with Gasteiger partial charge in [-0.15, -0.1) is 0 Å². The molecule has 0 aliphatic carbocycles. The monoisotopic (exact) mass is 425 g/mol. The van der Waals surface area contributed by atoms with Crippen LogP contribution in [0.2, 0.25) is 10.0 Å². The number of anilines is 1. The van der Waals surface area contributed by atoms with Crippen molar-refractivity contribution in [1.29, 1.82) is 0 Å². The Balaban J connectivity index is 2.22. The first kappa shape index (κ1) is 20.4. The minimum absolute atomic E-state index is 0.0153. The molecular formula is C18H21Cl2N5O3. The van der Waals surface area contributed by atoms with Gasteiger partial charge in [0, 0.05) is 26.7 Å². The number of nitrogens with one attached hydrogen (secondary N) is 1. The molecule has 0 radical (unpaired) electrons. The van der Waals surface area contributed by atoms with Crippen LogP contribution < -0.4 is 16.6 Å². The normalized spacial score (nSPS) is 12.5. The summed E-state index contributed by atoms with van der Waals surface area (Å²) in [7, 11) is 3.00. The van der Waals surface area contributed by atoms with Crippen molar-refractivity contribution >= 4 is 40.3 Å². The van der Waals surface area contributed by atoms with Crippen molar-refractivity contribution in [3.63, 3.8) is 0 Å². The van der Waals surface area contributed by atoms with E-state index in [1.165, 1.54) is 11.6 Å². The van der Waals surface area contributed by atoms with Crippen LogP contribution in [0.5, 0.6) is 0 Å². The Bertz CT molecular complexity index is 1150. The third kappa shape index (κ3) is 3.67. The van der Waals surface area contributed by atoms with Crippen molar-refractivity contribution < 1.29 is 5.11 Å². The fourth-order valence-electron chi connectivity index (χ4n) is 3.02. The number of halogens is 2. The van der Waals surface area contributed by atoms with Gasteiger partial charge < -0.3 is 10.4 Å². The van der Waals surface area contributed by atoms with E-state index in [9.17, 15) is 14.7 Å². The molecular weight excluding hydrogens is 405 g/mol. The predicted molar refractivity (Wildman–Crippen MR) is 111 cm³/mol.